The van der Waals surface area contributed by atoms with Gasteiger partial charge in [-0.1, -0.05) is 0 Å². The Balaban J connectivity index is -0.0000000128. The molecule has 0 spiro atoms. The van der Waals surface area contributed by atoms with Crippen molar-refractivity contribution in [2.75, 3.05) is 0 Å². The summed E-state index contributed by atoms with van der Waals surface area (Å²) in [5, 5.41) is 150. The minimum atomic E-state index is -1.75. The largest absolute Gasteiger partial charge is 3.00 e. The van der Waals surface area contributed by atoms with Gasteiger partial charge in [-0.25, -0.2) is 0 Å². The van der Waals surface area contributed by atoms with Gasteiger partial charge in [0.2, 0.25) is 0 Å². The Bertz CT molecular complexity index is 517. The first kappa shape index (κ1) is 120. The van der Waals surface area contributed by atoms with Crippen molar-refractivity contribution in [3.05, 3.63) is 30.6 Å². The first-order chi connectivity index (χ1) is 17.3. The summed E-state index contributed by atoms with van der Waals surface area (Å²) in [6, 6.07) is 0. The van der Waals surface area contributed by atoms with E-state index in [0.717, 1.165) is 0 Å². The summed E-state index contributed by atoms with van der Waals surface area (Å²) in [4.78, 5) is 16.5. The molecule has 0 bridgehead atoms. The summed E-state index contributed by atoms with van der Waals surface area (Å²) in [5.41, 5.74) is 0. The van der Waals surface area contributed by atoms with Gasteiger partial charge in [-0.3, -0.25) is 0 Å². The van der Waals surface area contributed by atoms with E-state index in [-0.39, 0.29) is 99.8 Å². The summed E-state index contributed by atoms with van der Waals surface area (Å²) in [6.45, 7) is 9.56. The van der Waals surface area contributed by atoms with Gasteiger partial charge in [0, 0.05) is 0 Å². The monoisotopic (exact) mass is 1070 g/mol. The molecule has 0 aromatic heterocycles. The molecule has 28 nitrogen and oxygen atoms in total. The van der Waals surface area contributed by atoms with Gasteiger partial charge in [-0.2, -0.15) is 0 Å². The van der Waals surface area contributed by atoms with E-state index >= 15 is 0 Å². The zero-order valence-corrected chi connectivity index (χ0v) is 33.3. The predicted octanol–water partition coefficient (Wildman–Crippen LogP) is -9.42. The molecule has 0 saturated heterocycles. The van der Waals surface area contributed by atoms with E-state index in [2.05, 4.69) is 0 Å². The minimum Gasteiger partial charge on any atom is -0.862 e. The molecule has 0 aromatic rings. The maximum atomic E-state index is 9.11. The Morgan fingerprint density at radius 2 is 0.333 bits per heavy atom. The van der Waals surface area contributed by atoms with Crippen LogP contribution in [-0.2, 0) is 99.8 Å². The van der Waals surface area contributed by atoms with E-state index in [9.17, 15) is 0 Å². The molecular formula is C16H44N10O18Ru4+4. The first-order valence-electron chi connectivity index (χ1n) is 8.73. The smallest absolute Gasteiger partial charge is 0.862 e. The third kappa shape index (κ3) is 5950. The molecule has 2 radical (unpaired) electrons. The summed E-state index contributed by atoms with van der Waals surface area (Å²) < 4.78 is 0. The standard InChI is InChI=1S/8C2H5NO.2NO3.4H2O.4Ru/c8*1-2(3)4;2*2-1(3)4;;;;;;;;/h8*1H3,(H2,3,4);;;4*1H2;;;;/q;;;;;;;;2*-1;;;;;2*+2;2*+3/p-4. The quantitative estimate of drug-likeness (QED) is 0.0279. The molecule has 0 heterocycles. The Labute approximate surface area is 325 Å². The van der Waals surface area contributed by atoms with Crippen LogP contribution < -0.4 is 40.9 Å². The minimum absolute atomic E-state index is 0. The third-order valence-electron chi connectivity index (χ3n) is 0. The molecule has 20 N–H and O–H groups in total. The van der Waals surface area contributed by atoms with Gasteiger partial charge in [0.15, 0.2) is 0 Å². The van der Waals surface area contributed by atoms with Crippen LogP contribution in [0.15, 0.2) is 0 Å². The van der Waals surface area contributed by atoms with Crippen LogP contribution >= 0.6 is 0 Å². The topological polar surface area (TPSA) is 640 Å². The van der Waals surface area contributed by atoms with E-state index in [1.54, 1.807) is 0 Å². The van der Waals surface area contributed by atoms with Crippen LogP contribution in [-0.4, -0.2) is 57.4 Å². The maximum Gasteiger partial charge on any atom is 3.00 e. The van der Waals surface area contributed by atoms with Gasteiger partial charge >= 0.3 is 77.9 Å². The fourth-order valence-corrected chi connectivity index (χ4v) is 0. The summed E-state index contributed by atoms with van der Waals surface area (Å²) >= 11 is 0. The molecule has 0 saturated carbocycles. The number of nitrogens with zero attached hydrogens (tertiary/aromatic N) is 2. The average Bonchev–Trinajstić information content (AvgIpc) is 2.47. The maximum absolute atomic E-state index is 9.11. The van der Waals surface area contributed by atoms with E-state index in [0.29, 0.717) is 0 Å². The predicted molar refractivity (Wildman–Crippen MR) is 147 cm³/mol. The van der Waals surface area contributed by atoms with Gasteiger partial charge < -0.3 is 137 Å². The second-order valence-corrected chi connectivity index (χ2v) is 4.90. The molecule has 0 amide bonds. The summed E-state index contributed by atoms with van der Waals surface area (Å²) in [5.74, 6) is -4.67. The SMILES string of the molecule is CC(=N)[O-].CC(=N)[O-].CC(=N)[O-].CC(=N)[O-].CC(=N)[O-].CC(=N)[O-].CC(=N)[O-].CC(=N)[O-].O=[N+]([O-])[O-].O=[N+]([O-])[O-].[OH3+].[OH3+].[OH3+].[OH3+].[Ru+2].[Ru+2].[Ru+3].[Ru+3]. The van der Waals surface area contributed by atoms with Crippen molar-refractivity contribution in [2.45, 2.75) is 55.4 Å². The molecule has 0 aromatic carbocycles. The van der Waals surface area contributed by atoms with Crippen LogP contribution in [0.3, 0.4) is 0 Å². The van der Waals surface area contributed by atoms with E-state index in [1.165, 1.54) is 55.4 Å². The zero-order valence-electron chi connectivity index (χ0n) is 26.3. The zero-order chi connectivity index (χ0) is 35.8. The molecule has 0 rings (SSSR count). The molecule has 48 heavy (non-hydrogen) atoms. The van der Waals surface area contributed by atoms with Crippen molar-refractivity contribution in [1.82, 2.24) is 0 Å². The van der Waals surface area contributed by atoms with Gasteiger partial charge in [0.05, 0.1) is 10.2 Å². The second kappa shape index (κ2) is 112. The summed E-state index contributed by atoms with van der Waals surface area (Å²) in [7, 11) is 0. The molecule has 0 atom stereocenters. The van der Waals surface area contributed by atoms with Crippen molar-refractivity contribution in [3.8, 4) is 0 Å². The van der Waals surface area contributed by atoms with Crippen LogP contribution in [0.4, 0.5) is 0 Å². The van der Waals surface area contributed by atoms with E-state index < -0.39 is 57.4 Å². The number of hydrogen-bond donors (Lipinski definition) is 8. The molecule has 0 aliphatic rings. The van der Waals surface area contributed by atoms with Crippen molar-refractivity contribution in [3.63, 3.8) is 0 Å². The van der Waals surface area contributed by atoms with E-state index in [4.69, 9.17) is 115 Å². The Morgan fingerprint density at radius 1 is 0.333 bits per heavy atom. The Morgan fingerprint density at radius 3 is 0.333 bits per heavy atom. The average molecular weight is 1070 g/mol. The van der Waals surface area contributed by atoms with Crippen molar-refractivity contribution < 1.29 is 151 Å². The normalized spacial score (nSPS) is 5.17. The number of hydrogen-bond acceptors (Lipinski definition) is 22. The Hall–Kier alpha value is -3.51. The fraction of sp³-hybridized carbons (Fsp3) is 0.500. The van der Waals surface area contributed by atoms with Crippen LogP contribution in [0, 0.1) is 73.9 Å². The van der Waals surface area contributed by atoms with Crippen molar-refractivity contribution in [2.24, 2.45) is 0 Å². The van der Waals surface area contributed by atoms with Crippen molar-refractivity contribution >= 4 is 47.2 Å². The fourth-order valence-electron chi connectivity index (χ4n) is 0. The van der Waals surface area contributed by atoms with Gasteiger partial charge in [-0.15, -0.1) is 0 Å². The second-order valence-electron chi connectivity index (χ2n) is 4.90. The van der Waals surface area contributed by atoms with Gasteiger partial charge in [0.25, 0.3) is 0 Å². The molecule has 294 valence electrons. The van der Waals surface area contributed by atoms with Gasteiger partial charge in [0.1, 0.15) is 0 Å². The van der Waals surface area contributed by atoms with Crippen LogP contribution in [0.5, 0.6) is 0 Å². The molecule has 0 fully saturated rings. The number of rotatable bonds is 0. The van der Waals surface area contributed by atoms with Crippen LogP contribution in [0.25, 0.3) is 0 Å². The van der Waals surface area contributed by atoms with Crippen molar-refractivity contribution in [1.29, 1.82) is 43.3 Å². The molecule has 0 aliphatic carbocycles. The molecule has 0 unspecified atom stereocenters. The third-order valence-corrected chi connectivity index (χ3v) is 0. The Kier molecular flexibility index (Phi) is 280. The van der Waals surface area contributed by atoms with E-state index in [1.807, 2.05) is 0 Å². The van der Waals surface area contributed by atoms with Gasteiger partial charge in [-0.05, 0) is 103 Å². The van der Waals surface area contributed by atoms with Crippen LogP contribution in [0.1, 0.15) is 55.4 Å². The number of nitrogens with one attached hydrogen (secondary N) is 8. The molecular weight excluding hydrogens is 1020 g/mol. The van der Waals surface area contributed by atoms with Crippen LogP contribution in [0.2, 0.25) is 0 Å². The molecule has 32 heteroatoms. The first-order valence-corrected chi connectivity index (χ1v) is 8.73. The summed E-state index contributed by atoms with van der Waals surface area (Å²) in [6.07, 6.45) is 0. The molecule has 0 aliphatic heterocycles.